The molecule has 0 aromatic carbocycles. The van der Waals surface area contributed by atoms with Crippen molar-refractivity contribution in [2.24, 2.45) is 0 Å². The molecule has 0 atom stereocenters. The van der Waals surface area contributed by atoms with Crippen molar-refractivity contribution in [3.8, 4) is 0 Å². The van der Waals surface area contributed by atoms with Crippen LogP contribution in [0.25, 0.3) is 0 Å². The molecule has 144 valence electrons. The maximum Gasteiger partial charge on any atom is 0.410 e. The maximum atomic E-state index is 12.5. The Morgan fingerprint density at radius 1 is 1.26 bits per heavy atom. The highest BCUT2D eigenvalue weighted by atomic mass is 16.6. The number of amides is 2. The standard InChI is InChI=1S/C19H25N5O3/c1-5-13-6-8-20-15(10-13)17(25)22-16-7-9-21-24(16)14-11-23(12-14)18(26)27-19(2,3)4/h6-10,14H,5,11-12H2,1-4H3,(H,22,25). The van der Waals surface area contributed by atoms with E-state index in [-0.39, 0.29) is 18.0 Å². The minimum Gasteiger partial charge on any atom is -0.444 e. The van der Waals surface area contributed by atoms with Crippen molar-refractivity contribution in [1.82, 2.24) is 19.7 Å². The molecule has 1 aliphatic rings. The summed E-state index contributed by atoms with van der Waals surface area (Å²) in [6, 6.07) is 5.40. The van der Waals surface area contributed by atoms with E-state index in [4.69, 9.17) is 4.74 Å². The highest BCUT2D eigenvalue weighted by Gasteiger charge is 2.36. The number of carbonyl (C=O) groups is 2. The molecule has 8 heteroatoms. The van der Waals surface area contributed by atoms with Crippen LogP contribution >= 0.6 is 0 Å². The predicted octanol–water partition coefficient (Wildman–Crippen LogP) is 2.88. The van der Waals surface area contributed by atoms with Gasteiger partial charge in [0.15, 0.2) is 0 Å². The van der Waals surface area contributed by atoms with Gasteiger partial charge in [0.05, 0.1) is 12.2 Å². The SMILES string of the molecule is CCc1ccnc(C(=O)Nc2ccnn2C2CN(C(=O)OC(C)(C)C)C2)c1. The Kier molecular flexibility index (Phi) is 5.16. The average Bonchev–Trinajstić information content (AvgIpc) is 2.99. The summed E-state index contributed by atoms with van der Waals surface area (Å²) in [6.45, 7) is 8.52. The maximum absolute atomic E-state index is 12.5. The molecular formula is C19H25N5O3. The molecule has 1 N–H and O–H groups in total. The number of rotatable bonds is 4. The minimum atomic E-state index is -0.521. The Hall–Kier alpha value is -2.90. The third-order valence-corrected chi connectivity index (χ3v) is 4.24. The molecule has 0 saturated carbocycles. The summed E-state index contributed by atoms with van der Waals surface area (Å²) in [5.41, 5.74) is 0.897. The van der Waals surface area contributed by atoms with E-state index in [1.54, 1.807) is 34.1 Å². The number of likely N-dealkylation sites (tertiary alicyclic amines) is 1. The number of ether oxygens (including phenoxy) is 1. The Morgan fingerprint density at radius 2 is 2.00 bits per heavy atom. The third-order valence-electron chi connectivity index (χ3n) is 4.24. The van der Waals surface area contributed by atoms with Crippen LogP contribution in [0.3, 0.4) is 0 Å². The predicted molar refractivity (Wildman–Crippen MR) is 101 cm³/mol. The third kappa shape index (κ3) is 4.45. The molecule has 3 rings (SSSR count). The number of nitrogens with one attached hydrogen (secondary N) is 1. The smallest absolute Gasteiger partial charge is 0.410 e. The highest BCUT2D eigenvalue weighted by Crippen LogP contribution is 2.26. The number of aromatic nitrogens is 3. The van der Waals surface area contributed by atoms with Gasteiger partial charge in [0, 0.05) is 25.4 Å². The first-order valence-electron chi connectivity index (χ1n) is 9.04. The second-order valence-corrected chi connectivity index (χ2v) is 7.56. The Balaban J connectivity index is 1.62. The fourth-order valence-corrected chi connectivity index (χ4v) is 2.79. The van der Waals surface area contributed by atoms with E-state index in [9.17, 15) is 9.59 Å². The number of carbonyl (C=O) groups excluding carboxylic acids is 2. The quantitative estimate of drug-likeness (QED) is 0.893. The van der Waals surface area contributed by atoms with Crippen LogP contribution in [-0.2, 0) is 11.2 Å². The summed E-state index contributed by atoms with van der Waals surface area (Å²) in [6.07, 6.45) is 3.76. The van der Waals surface area contributed by atoms with Crippen LogP contribution in [0.15, 0.2) is 30.6 Å². The van der Waals surface area contributed by atoms with E-state index in [0.717, 1.165) is 12.0 Å². The minimum absolute atomic E-state index is 0.00208. The van der Waals surface area contributed by atoms with Gasteiger partial charge in [-0.15, -0.1) is 0 Å². The van der Waals surface area contributed by atoms with E-state index in [1.807, 2.05) is 33.8 Å². The van der Waals surface area contributed by atoms with Crippen molar-refractivity contribution in [2.45, 2.75) is 45.8 Å². The zero-order chi connectivity index (χ0) is 19.6. The molecule has 2 amide bonds. The lowest BCUT2D eigenvalue weighted by Gasteiger charge is -2.40. The van der Waals surface area contributed by atoms with Crippen LogP contribution in [0.5, 0.6) is 0 Å². The second-order valence-electron chi connectivity index (χ2n) is 7.56. The topological polar surface area (TPSA) is 89.4 Å². The molecular weight excluding hydrogens is 346 g/mol. The van der Waals surface area contributed by atoms with Gasteiger partial charge in [0.1, 0.15) is 17.1 Å². The van der Waals surface area contributed by atoms with E-state index in [1.165, 1.54) is 0 Å². The molecule has 0 bridgehead atoms. The van der Waals surface area contributed by atoms with Gasteiger partial charge in [-0.1, -0.05) is 6.92 Å². The van der Waals surface area contributed by atoms with Crippen LogP contribution in [0, 0.1) is 0 Å². The zero-order valence-electron chi connectivity index (χ0n) is 16.1. The van der Waals surface area contributed by atoms with Gasteiger partial charge in [-0.3, -0.25) is 9.78 Å². The fourth-order valence-electron chi connectivity index (χ4n) is 2.79. The van der Waals surface area contributed by atoms with Crippen molar-refractivity contribution >= 4 is 17.8 Å². The highest BCUT2D eigenvalue weighted by molar-refractivity contribution is 6.02. The number of hydrogen-bond acceptors (Lipinski definition) is 5. The van der Waals surface area contributed by atoms with E-state index in [2.05, 4.69) is 15.4 Å². The van der Waals surface area contributed by atoms with Gasteiger partial charge < -0.3 is 15.0 Å². The second kappa shape index (κ2) is 7.38. The Bertz CT molecular complexity index is 834. The number of pyridine rings is 1. The molecule has 1 aliphatic heterocycles. The van der Waals surface area contributed by atoms with E-state index >= 15 is 0 Å². The number of hydrogen-bond donors (Lipinski definition) is 1. The summed E-state index contributed by atoms with van der Waals surface area (Å²) < 4.78 is 7.09. The summed E-state index contributed by atoms with van der Waals surface area (Å²) in [4.78, 5) is 30.3. The van der Waals surface area contributed by atoms with Crippen molar-refractivity contribution in [3.05, 3.63) is 41.9 Å². The molecule has 0 spiro atoms. The first-order chi connectivity index (χ1) is 12.8. The van der Waals surface area contributed by atoms with Crippen molar-refractivity contribution < 1.29 is 14.3 Å². The van der Waals surface area contributed by atoms with Gasteiger partial charge in [0.2, 0.25) is 0 Å². The van der Waals surface area contributed by atoms with Crippen molar-refractivity contribution in [3.63, 3.8) is 0 Å². The lowest BCUT2D eigenvalue weighted by Crippen LogP contribution is -2.52. The Morgan fingerprint density at radius 3 is 2.67 bits per heavy atom. The molecule has 0 unspecified atom stereocenters. The lowest BCUT2D eigenvalue weighted by atomic mass is 10.1. The first kappa shape index (κ1) is 18.9. The van der Waals surface area contributed by atoms with Crippen LogP contribution in [-0.4, -0.2) is 50.4 Å². The summed E-state index contributed by atoms with van der Waals surface area (Å²) >= 11 is 0. The molecule has 0 radical (unpaired) electrons. The molecule has 2 aromatic heterocycles. The summed E-state index contributed by atoms with van der Waals surface area (Å²) in [5, 5.41) is 7.14. The van der Waals surface area contributed by atoms with E-state index < -0.39 is 5.60 Å². The molecule has 3 heterocycles. The van der Waals surface area contributed by atoms with Gasteiger partial charge >= 0.3 is 6.09 Å². The molecule has 1 saturated heterocycles. The van der Waals surface area contributed by atoms with Gasteiger partial charge in [-0.2, -0.15) is 5.10 Å². The van der Waals surface area contributed by atoms with Crippen molar-refractivity contribution in [2.75, 3.05) is 18.4 Å². The normalized spacial score (nSPS) is 14.6. The van der Waals surface area contributed by atoms with Crippen LogP contribution in [0.2, 0.25) is 0 Å². The summed E-state index contributed by atoms with van der Waals surface area (Å²) in [5.74, 6) is 0.299. The Labute approximate surface area is 158 Å². The monoisotopic (exact) mass is 371 g/mol. The lowest BCUT2D eigenvalue weighted by molar-refractivity contribution is -0.000164. The van der Waals surface area contributed by atoms with Crippen molar-refractivity contribution in [1.29, 1.82) is 0 Å². The van der Waals surface area contributed by atoms with Gasteiger partial charge in [-0.25, -0.2) is 9.48 Å². The molecule has 8 nitrogen and oxygen atoms in total. The van der Waals surface area contributed by atoms with Crippen LogP contribution < -0.4 is 5.32 Å². The number of anilines is 1. The van der Waals surface area contributed by atoms with Crippen LogP contribution in [0.1, 0.15) is 49.8 Å². The zero-order valence-corrected chi connectivity index (χ0v) is 16.1. The molecule has 1 fully saturated rings. The first-order valence-corrected chi connectivity index (χ1v) is 9.04. The molecule has 0 aliphatic carbocycles. The largest absolute Gasteiger partial charge is 0.444 e. The average molecular weight is 371 g/mol. The van der Waals surface area contributed by atoms with Crippen LogP contribution in [0.4, 0.5) is 10.6 Å². The number of aryl methyl sites for hydroxylation is 1. The van der Waals surface area contributed by atoms with Gasteiger partial charge in [-0.05, 0) is 44.9 Å². The van der Waals surface area contributed by atoms with Gasteiger partial charge in [0.25, 0.3) is 5.91 Å². The molecule has 2 aromatic rings. The van der Waals surface area contributed by atoms with E-state index in [0.29, 0.717) is 24.6 Å². The summed E-state index contributed by atoms with van der Waals surface area (Å²) in [7, 11) is 0. The molecule has 27 heavy (non-hydrogen) atoms. The fraction of sp³-hybridized carbons (Fsp3) is 0.474. The number of nitrogens with zero attached hydrogens (tertiary/aromatic N) is 4.